The van der Waals surface area contributed by atoms with Crippen LogP contribution < -0.4 is 11.1 Å². The molecular weight excluding hydrogens is 305 g/mol. The Labute approximate surface area is 125 Å². The summed E-state index contributed by atoms with van der Waals surface area (Å²) in [7, 11) is 0. The van der Waals surface area contributed by atoms with Gasteiger partial charge in [0.1, 0.15) is 4.99 Å². The standard InChI is InChI=1S/C13H15F3N2O2S/c14-13(15,16)5-7-20-6-4-11(19)18-10-3-1-2-9(8-10)12(17)21/h1-3,8H,4-7H2,(H2,17,21)(H,18,19). The zero-order valence-electron chi connectivity index (χ0n) is 11.1. The van der Waals surface area contributed by atoms with Crippen molar-refractivity contribution in [3.63, 3.8) is 0 Å². The number of hydrogen-bond acceptors (Lipinski definition) is 3. The molecule has 1 aromatic rings. The highest BCUT2D eigenvalue weighted by molar-refractivity contribution is 7.80. The first-order valence-electron chi connectivity index (χ1n) is 6.12. The van der Waals surface area contributed by atoms with Crippen molar-refractivity contribution >= 4 is 28.8 Å². The Balaban J connectivity index is 2.31. The third-order valence-electron chi connectivity index (χ3n) is 2.43. The Morgan fingerprint density at radius 3 is 2.67 bits per heavy atom. The number of nitrogens with one attached hydrogen (secondary N) is 1. The molecule has 0 aliphatic heterocycles. The highest BCUT2D eigenvalue weighted by Gasteiger charge is 2.26. The summed E-state index contributed by atoms with van der Waals surface area (Å²) in [4.78, 5) is 11.8. The van der Waals surface area contributed by atoms with E-state index in [1.54, 1.807) is 24.3 Å². The van der Waals surface area contributed by atoms with E-state index in [4.69, 9.17) is 22.7 Å². The molecule has 116 valence electrons. The van der Waals surface area contributed by atoms with Crippen LogP contribution >= 0.6 is 12.2 Å². The van der Waals surface area contributed by atoms with Crippen molar-refractivity contribution in [2.75, 3.05) is 18.5 Å². The van der Waals surface area contributed by atoms with Gasteiger partial charge in [-0.15, -0.1) is 0 Å². The van der Waals surface area contributed by atoms with Crippen molar-refractivity contribution in [3.05, 3.63) is 29.8 Å². The summed E-state index contributed by atoms with van der Waals surface area (Å²) in [6.07, 6.45) is -5.30. The smallest absolute Gasteiger partial charge is 0.389 e. The highest BCUT2D eigenvalue weighted by atomic mass is 32.1. The molecular formula is C13H15F3N2O2S. The molecule has 0 aromatic heterocycles. The Kier molecular flexibility index (Phi) is 6.57. The topological polar surface area (TPSA) is 64.3 Å². The molecule has 0 atom stereocenters. The van der Waals surface area contributed by atoms with E-state index in [2.05, 4.69) is 5.32 Å². The van der Waals surface area contributed by atoms with Crippen LogP contribution in [-0.4, -0.2) is 30.3 Å². The second-order valence-electron chi connectivity index (χ2n) is 4.22. The van der Waals surface area contributed by atoms with Gasteiger partial charge in [-0.3, -0.25) is 4.79 Å². The summed E-state index contributed by atoms with van der Waals surface area (Å²) < 4.78 is 40.3. The lowest BCUT2D eigenvalue weighted by Gasteiger charge is -2.08. The van der Waals surface area contributed by atoms with Crippen LogP contribution in [-0.2, 0) is 9.53 Å². The molecule has 1 rings (SSSR count). The van der Waals surface area contributed by atoms with Gasteiger partial charge in [0, 0.05) is 11.3 Å². The van der Waals surface area contributed by atoms with Gasteiger partial charge in [0.15, 0.2) is 0 Å². The van der Waals surface area contributed by atoms with Gasteiger partial charge in [0.2, 0.25) is 5.91 Å². The first-order chi connectivity index (χ1) is 9.78. The van der Waals surface area contributed by atoms with Crippen LogP contribution in [0.3, 0.4) is 0 Å². The van der Waals surface area contributed by atoms with Crippen molar-refractivity contribution in [2.45, 2.75) is 19.0 Å². The van der Waals surface area contributed by atoms with Crippen molar-refractivity contribution in [1.29, 1.82) is 0 Å². The molecule has 0 radical (unpaired) electrons. The second kappa shape index (κ2) is 7.94. The number of carbonyl (C=O) groups is 1. The van der Waals surface area contributed by atoms with E-state index in [1.807, 2.05) is 0 Å². The molecule has 0 aliphatic carbocycles. The zero-order chi connectivity index (χ0) is 15.9. The van der Waals surface area contributed by atoms with Crippen molar-refractivity contribution in [1.82, 2.24) is 0 Å². The van der Waals surface area contributed by atoms with E-state index in [0.29, 0.717) is 11.3 Å². The molecule has 0 fully saturated rings. The molecule has 4 nitrogen and oxygen atoms in total. The summed E-state index contributed by atoms with van der Waals surface area (Å²) in [6.45, 7) is -0.523. The third kappa shape index (κ3) is 7.62. The Bertz CT molecular complexity index is 506. The summed E-state index contributed by atoms with van der Waals surface area (Å²) in [5.74, 6) is -0.359. The number of halogens is 3. The number of ether oxygens (including phenoxy) is 1. The highest BCUT2D eigenvalue weighted by Crippen LogP contribution is 2.19. The Hall–Kier alpha value is -1.67. The monoisotopic (exact) mass is 320 g/mol. The minimum atomic E-state index is -4.25. The molecule has 1 amide bonds. The molecule has 0 saturated carbocycles. The van der Waals surface area contributed by atoms with E-state index in [-0.39, 0.29) is 23.9 Å². The largest absolute Gasteiger partial charge is 0.391 e. The predicted molar refractivity (Wildman–Crippen MR) is 77.1 cm³/mol. The first kappa shape index (κ1) is 17.4. The minimum Gasteiger partial charge on any atom is -0.389 e. The molecule has 0 aliphatic rings. The molecule has 0 spiro atoms. The number of nitrogens with two attached hydrogens (primary N) is 1. The summed E-state index contributed by atoms with van der Waals surface area (Å²) in [6, 6.07) is 6.66. The number of thiocarbonyl (C=S) groups is 1. The van der Waals surface area contributed by atoms with Gasteiger partial charge < -0.3 is 15.8 Å². The number of rotatable bonds is 7. The van der Waals surface area contributed by atoms with Gasteiger partial charge in [-0.2, -0.15) is 13.2 Å². The molecule has 0 heterocycles. The maximum absolute atomic E-state index is 11.9. The SMILES string of the molecule is NC(=S)c1cccc(NC(=O)CCOCCC(F)(F)F)c1. The van der Waals surface area contributed by atoms with Crippen LogP contribution in [0.15, 0.2) is 24.3 Å². The lowest BCUT2D eigenvalue weighted by molar-refractivity contribution is -0.145. The third-order valence-corrected chi connectivity index (χ3v) is 2.67. The van der Waals surface area contributed by atoms with Crippen LogP contribution in [0.1, 0.15) is 18.4 Å². The van der Waals surface area contributed by atoms with Crippen LogP contribution in [0.25, 0.3) is 0 Å². The van der Waals surface area contributed by atoms with Gasteiger partial charge in [0.25, 0.3) is 0 Å². The van der Waals surface area contributed by atoms with E-state index in [9.17, 15) is 18.0 Å². The van der Waals surface area contributed by atoms with Gasteiger partial charge >= 0.3 is 6.18 Å². The maximum Gasteiger partial charge on any atom is 0.391 e. The summed E-state index contributed by atoms with van der Waals surface area (Å²) in [5.41, 5.74) is 6.60. The fourth-order valence-electron chi connectivity index (χ4n) is 1.43. The first-order valence-corrected chi connectivity index (χ1v) is 6.53. The van der Waals surface area contributed by atoms with Crippen LogP contribution in [0.5, 0.6) is 0 Å². The van der Waals surface area contributed by atoms with Crippen molar-refractivity contribution in [3.8, 4) is 0 Å². The predicted octanol–water partition coefficient (Wildman–Crippen LogP) is 2.62. The molecule has 0 bridgehead atoms. The average molecular weight is 320 g/mol. The Morgan fingerprint density at radius 2 is 2.05 bits per heavy atom. The van der Waals surface area contributed by atoms with E-state index in [0.717, 1.165) is 0 Å². The van der Waals surface area contributed by atoms with E-state index < -0.39 is 19.2 Å². The van der Waals surface area contributed by atoms with Crippen LogP contribution in [0.2, 0.25) is 0 Å². The molecule has 0 saturated heterocycles. The van der Waals surface area contributed by atoms with Crippen LogP contribution in [0, 0.1) is 0 Å². The molecule has 3 N–H and O–H groups in total. The Morgan fingerprint density at radius 1 is 1.33 bits per heavy atom. The number of amides is 1. The van der Waals surface area contributed by atoms with Crippen molar-refractivity contribution in [2.24, 2.45) is 5.73 Å². The average Bonchev–Trinajstić information content (AvgIpc) is 2.37. The van der Waals surface area contributed by atoms with Gasteiger partial charge in [-0.05, 0) is 12.1 Å². The summed E-state index contributed by atoms with van der Waals surface area (Å²) in [5, 5.41) is 2.59. The number of hydrogen-bond donors (Lipinski definition) is 2. The molecule has 1 aromatic carbocycles. The minimum absolute atomic E-state index is 0.0326. The lowest BCUT2D eigenvalue weighted by Crippen LogP contribution is -2.17. The van der Waals surface area contributed by atoms with Crippen molar-refractivity contribution < 1.29 is 22.7 Å². The van der Waals surface area contributed by atoms with E-state index in [1.165, 1.54) is 0 Å². The normalized spacial score (nSPS) is 11.2. The quantitative estimate of drug-likeness (QED) is 0.599. The number of benzene rings is 1. The van der Waals surface area contributed by atoms with Gasteiger partial charge in [-0.1, -0.05) is 24.4 Å². The number of alkyl halides is 3. The summed E-state index contributed by atoms with van der Waals surface area (Å²) >= 11 is 4.82. The fraction of sp³-hybridized carbons (Fsp3) is 0.385. The molecule has 8 heteroatoms. The zero-order valence-corrected chi connectivity index (χ0v) is 11.9. The van der Waals surface area contributed by atoms with Crippen LogP contribution in [0.4, 0.5) is 18.9 Å². The molecule has 0 unspecified atom stereocenters. The lowest BCUT2D eigenvalue weighted by atomic mass is 10.2. The number of carbonyl (C=O) groups excluding carboxylic acids is 1. The van der Waals surface area contributed by atoms with Gasteiger partial charge in [-0.25, -0.2) is 0 Å². The number of anilines is 1. The molecule has 21 heavy (non-hydrogen) atoms. The van der Waals surface area contributed by atoms with E-state index >= 15 is 0 Å². The maximum atomic E-state index is 11.9. The van der Waals surface area contributed by atoms with Gasteiger partial charge in [0.05, 0.1) is 26.1 Å². The second-order valence-corrected chi connectivity index (χ2v) is 4.66. The fourth-order valence-corrected chi connectivity index (χ4v) is 1.56.